The molecule has 0 unspecified atom stereocenters. The minimum Gasteiger partial charge on any atom is -0.476 e. The second kappa shape index (κ2) is 6.06. The van der Waals surface area contributed by atoms with E-state index in [9.17, 15) is 4.79 Å². The molecule has 0 fully saturated rings. The lowest BCUT2D eigenvalue weighted by molar-refractivity contribution is 0.0690. The van der Waals surface area contributed by atoms with E-state index in [1.165, 1.54) is 24.3 Å². The van der Waals surface area contributed by atoms with Gasteiger partial charge in [-0.3, -0.25) is 0 Å². The van der Waals surface area contributed by atoms with E-state index in [0.29, 0.717) is 15.8 Å². The van der Waals surface area contributed by atoms with Gasteiger partial charge in [0.1, 0.15) is 5.75 Å². The molecular weight excluding hydrogens is 348 g/mol. The van der Waals surface area contributed by atoms with Crippen LogP contribution in [0.5, 0.6) is 11.6 Å². The maximum atomic E-state index is 11.0. The first kappa shape index (κ1) is 15.2. The molecule has 0 spiro atoms. The molecule has 0 radical (unpaired) electrons. The largest absolute Gasteiger partial charge is 0.476 e. The van der Waals surface area contributed by atoms with Crippen LogP contribution in [0.15, 0.2) is 24.3 Å². The monoisotopic (exact) mass is 351 g/mol. The SMILES string of the molecule is O=C(O)c1nc(Oc2cc(Cl)cc(Cl)c2)cc(Cl)c1Cl. The van der Waals surface area contributed by atoms with Gasteiger partial charge >= 0.3 is 5.97 Å². The van der Waals surface area contributed by atoms with E-state index in [1.807, 2.05) is 0 Å². The molecule has 1 N–H and O–H groups in total. The molecule has 0 aliphatic heterocycles. The number of carboxylic acids is 1. The van der Waals surface area contributed by atoms with E-state index < -0.39 is 11.7 Å². The van der Waals surface area contributed by atoms with E-state index in [1.54, 1.807) is 0 Å². The zero-order valence-electron chi connectivity index (χ0n) is 9.53. The van der Waals surface area contributed by atoms with Gasteiger partial charge in [0.05, 0.1) is 10.0 Å². The summed E-state index contributed by atoms with van der Waals surface area (Å²) in [6.07, 6.45) is 0. The number of benzene rings is 1. The molecule has 1 aromatic heterocycles. The Morgan fingerprint density at radius 3 is 2.20 bits per heavy atom. The van der Waals surface area contributed by atoms with Crippen molar-refractivity contribution < 1.29 is 14.6 Å². The van der Waals surface area contributed by atoms with Gasteiger partial charge < -0.3 is 9.84 Å². The first-order chi connectivity index (χ1) is 9.36. The van der Waals surface area contributed by atoms with Crippen LogP contribution in [-0.2, 0) is 0 Å². The molecule has 1 heterocycles. The number of hydrogen-bond acceptors (Lipinski definition) is 3. The third-order valence-corrected chi connectivity index (χ3v) is 3.36. The van der Waals surface area contributed by atoms with Gasteiger partial charge in [-0.25, -0.2) is 9.78 Å². The number of rotatable bonds is 3. The molecule has 1 aromatic carbocycles. The zero-order valence-corrected chi connectivity index (χ0v) is 12.6. The lowest BCUT2D eigenvalue weighted by Gasteiger charge is -2.08. The molecule has 20 heavy (non-hydrogen) atoms. The fourth-order valence-electron chi connectivity index (χ4n) is 1.38. The Bertz CT molecular complexity index is 670. The summed E-state index contributed by atoms with van der Waals surface area (Å²) in [5, 5.41) is 9.56. The minimum atomic E-state index is -1.31. The normalized spacial score (nSPS) is 10.4. The Morgan fingerprint density at radius 1 is 1.05 bits per heavy atom. The highest BCUT2D eigenvalue weighted by Crippen LogP contribution is 2.32. The Morgan fingerprint density at radius 2 is 1.65 bits per heavy atom. The fraction of sp³-hybridized carbons (Fsp3) is 0. The van der Waals surface area contributed by atoms with Crippen LogP contribution in [0.4, 0.5) is 0 Å². The highest BCUT2D eigenvalue weighted by atomic mass is 35.5. The van der Waals surface area contributed by atoms with Crippen molar-refractivity contribution >= 4 is 52.4 Å². The van der Waals surface area contributed by atoms with Crippen LogP contribution in [0.2, 0.25) is 20.1 Å². The zero-order chi connectivity index (χ0) is 14.9. The second-order valence-electron chi connectivity index (χ2n) is 3.62. The summed E-state index contributed by atoms with van der Waals surface area (Å²) >= 11 is 23.2. The quantitative estimate of drug-likeness (QED) is 0.826. The molecule has 0 bridgehead atoms. The molecule has 104 valence electrons. The maximum Gasteiger partial charge on any atom is 0.356 e. The Labute approximate surface area is 133 Å². The van der Waals surface area contributed by atoms with Gasteiger partial charge in [0, 0.05) is 16.1 Å². The summed E-state index contributed by atoms with van der Waals surface area (Å²) in [5.41, 5.74) is -0.401. The van der Waals surface area contributed by atoms with Crippen LogP contribution in [0, 0.1) is 0 Å². The number of aromatic nitrogens is 1. The number of carboxylic acid groups (broad SMARTS) is 1. The van der Waals surface area contributed by atoms with Gasteiger partial charge in [-0.15, -0.1) is 0 Å². The van der Waals surface area contributed by atoms with Crippen molar-refractivity contribution in [1.82, 2.24) is 4.98 Å². The Kier molecular flexibility index (Phi) is 4.60. The Balaban J connectivity index is 2.41. The minimum absolute atomic E-state index is 0.0159. The van der Waals surface area contributed by atoms with Crippen molar-refractivity contribution in [1.29, 1.82) is 0 Å². The highest BCUT2D eigenvalue weighted by Gasteiger charge is 2.17. The van der Waals surface area contributed by atoms with Crippen molar-refractivity contribution in [2.45, 2.75) is 0 Å². The molecule has 0 aliphatic rings. The molecule has 0 saturated heterocycles. The highest BCUT2D eigenvalue weighted by molar-refractivity contribution is 6.43. The molecule has 0 atom stereocenters. The van der Waals surface area contributed by atoms with E-state index >= 15 is 0 Å². The molecule has 2 aromatic rings. The summed E-state index contributed by atoms with van der Waals surface area (Å²) in [7, 11) is 0. The average molecular weight is 353 g/mol. The van der Waals surface area contributed by atoms with Gasteiger partial charge in [0.25, 0.3) is 0 Å². The van der Waals surface area contributed by atoms with Crippen molar-refractivity contribution in [3.63, 3.8) is 0 Å². The van der Waals surface area contributed by atoms with Gasteiger partial charge in [0.15, 0.2) is 5.69 Å². The molecule has 0 amide bonds. The predicted octanol–water partition coefficient (Wildman–Crippen LogP) is 5.19. The summed E-state index contributed by atoms with van der Waals surface area (Å²) in [6.45, 7) is 0. The fourth-order valence-corrected chi connectivity index (χ4v) is 2.25. The number of aromatic carboxylic acids is 1. The van der Waals surface area contributed by atoms with Gasteiger partial charge in [-0.2, -0.15) is 0 Å². The van der Waals surface area contributed by atoms with Crippen LogP contribution in [0.1, 0.15) is 10.5 Å². The third kappa shape index (κ3) is 3.46. The van der Waals surface area contributed by atoms with Crippen LogP contribution in [0.3, 0.4) is 0 Å². The van der Waals surface area contributed by atoms with Crippen molar-refractivity contribution in [2.75, 3.05) is 0 Å². The molecule has 0 aliphatic carbocycles. The maximum absolute atomic E-state index is 11.0. The lowest BCUT2D eigenvalue weighted by Crippen LogP contribution is -2.03. The van der Waals surface area contributed by atoms with Crippen molar-refractivity contribution in [3.05, 3.63) is 50.0 Å². The van der Waals surface area contributed by atoms with Gasteiger partial charge in [-0.1, -0.05) is 46.4 Å². The van der Waals surface area contributed by atoms with E-state index in [4.69, 9.17) is 56.2 Å². The Hall–Kier alpha value is -1.20. The topological polar surface area (TPSA) is 59.4 Å². The van der Waals surface area contributed by atoms with Gasteiger partial charge in [-0.05, 0) is 18.2 Å². The van der Waals surface area contributed by atoms with Crippen LogP contribution < -0.4 is 4.74 Å². The molecular formula is C12H5Cl4NO3. The molecule has 4 nitrogen and oxygen atoms in total. The molecule has 0 saturated carbocycles. The van der Waals surface area contributed by atoms with E-state index in [0.717, 1.165) is 0 Å². The number of halogens is 4. The number of hydrogen-bond donors (Lipinski definition) is 1. The van der Waals surface area contributed by atoms with Gasteiger partial charge in [0.2, 0.25) is 5.88 Å². The van der Waals surface area contributed by atoms with Crippen molar-refractivity contribution in [3.8, 4) is 11.6 Å². The standard InChI is InChI=1S/C12H5Cl4NO3/c13-5-1-6(14)3-7(2-5)20-9-4-8(15)10(16)11(17-9)12(18)19/h1-4H,(H,18,19). The lowest BCUT2D eigenvalue weighted by atomic mass is 10.3. The van der Waals surface area contributed by atoms with E-state index in [-0.39, 0.29) is 15.9 Å². The molecule has 8 heteroatoms. The predicted molar refractivity (Wildman–Crippen MR) is 77.8 cm³/mol. The first-order valence-electron chi connectivity index (χ1n) is 5.10. The molecule has 2 rings (SSSR count). The third-order valence-electron chi connectivity index (χ3n) is 2.15. The van der Waals surface area contributed by atoms with Crippen molar-refractivity contribution in [2.24, 2.45) is 0 Å². The van der Waals surface area contributed by atoms with Crippen LogP contribution >= 0.6 is 46.4 Å². The summed E-state index contributed by atoms with van der Waals surface area (Å²) in [4.78, 5) is 14.7. The van der Waals surface area contributed by atoms with E-state index in [2.05, 4.69) is 4.98 Å². The average Bonchev–Trinajstić information content (AvgIpc) is 2.31. The first-order valence-corrected chi connectivity index (χ1v) is 6.61. The number of ether oxygens (including phenoxy) is 1. The summed E-state index contributed by atoms with van der Waals surface area (Å²) in [5.74, 6) is -1.05. The number of carbonyl (C=O) groups is 1. The summed E-state index contributed by atoms with van der Waals surface area (Å²) in [6, 6.07) is 5.82. The summed E-state index contributed by atoms with van der Waals surface area (Å²) < 4.78 is 5.38. The second-order valence-corrected chi connectivity index (χ2v) is 5.28. The smallest absolute Gasteiger partial charge is 0.356 e. The van der Waals surface area contributed by atoms with Crippen LogP contribution in [-0.4, -0.2) is 16.1 Å². The number of nitrogens with zero attached hydrogens (tertiary/aromatic N) is 1. The van der Waals surface area contributed by atoms with Crippen LogP contribution in [0.25, 0.3) is 0 Å². The number of pyridine rings is 1.